The lowest BCUT2D eigenvalue weighted by atomic mass is 9.97. The van der Waals surface area contributed by atoms with E-state index in [2.05, 4.69) is 19.1 Å². The van der Waals surface area contributed by atoms with Crippen molar-refractivity contribution < 1.29 is 9.53 Å². The molecule has 4 nitrogen and oxygen atoms in total. The fraction of sp³-hybridized carbons (Fsp3) is 0.238. The summed E-state index contributed by atoms with van der Waals surface area (Å²) in [4.78, 5) is 19.3. The van der Waals surface area contributed by atoms with Gasteiger partial charge in [-0.05, 0) is 19.4 Å². The fourth-order valence-electron chi connectivity index (χ4n) is 3.02. The summed E-state index contributed by atoms with van der Waals surface area (Å²) in [5.41, 5.74) is 3.61. The number of carbonyl (C=O) groups is 1. The summed E-state index contributed by atoms with van der Waals surface area (Å²) in [6, 6.07) is 16.0. The van der Waals surface area contributed by atoms with Crippen molar-refractivity contribution in [1.82, 2.24) is 4.98 Å². The number of ether oxygens (including phenoxy) is 1. The number of pyridine rings is 1. The Morgan fingerprint density at radius 1 is 1.04 bits per heavy atom. The molecule has 0 aliphatic rings. The van der Waals surface area contributed by atoms with Crippen molar-refractivity contribution in [3.63, 3.8) is 0 Å². The highest BCUT2D eigenvalue weighted by Crippen LogP contribution is 2.35. The van der Waals surface area contributed by atoms with E-state index in [1.165, 1.54) is 0 Å². The van der Waals surface area contributed by atoms with Gasteiger partial charge in [-0.2, -0.15) is 0 Å². The lowest BCUT2D eigenvalue weighted by Gasteiger charge is -2.20. The SMILES string of the molecule is CCOC(=O)c1c(N(C)C)nc(-c2ccccc2C)c2ccccc12. The molecule has 0 N–H and O–H groups in total. The number of anilines is 1. The number of fused-ring (bicyclic) bond motifs is 1. The Morgan fingerprint density at radius 3 is 2.32 bits per heavy atom. The zero-order chi connectivity index (χ0) is 18.0. The molecule has 0 bridgehead atoms. The zero-order valence-corrected chi connectivity index (χ0v) is 15.0. The number of nitrogens with zero attached hydrogens (tertiary/aromatic N) is 2. The van der Waals surface area contributed by atoms with E-state index in [0.717, 1.165) is 27.6 Å². The topological polar surface area (TPSA) is 42.4 Å². The maximum absolute atomic E-state index is 12.6. The molecule has 1 aromatic heterocycles. The number of hydrogen-bond acceptors (Lipinski definition) is 4. The van der Waals surface area contributed by atoms with E-state index in [4.69, 9.17) is 9.72 Å². The first-order chi connectivity index (χ1) is 12.0. The van der Waals surface area contributed by atoms with Crippen LogP contribution < -0.4 is 4.90 Å². The maximum Gasteiger partial charge on any atom is 0.342 e. The van der Waals surface area contributed by atoms with Gasteiger partial charge in [-0.1, -0.05) is 48.5 Å². The third-order valence-corrected chi connectivity index (χ3v) is 4.20. The molecule has 0 fully saturated rings. The molecule has 25 heavy (non-hydrogen) atoms. The molecule has 0 spiro atoms. The minimum atomic E-state index is -0.341. The smallest absolute Gasteiger partial charge is 0.342 e. The van der Waals surface area contributed by atoms with E-state index in [1.54, 1.807) is 0 Å². The van der Waals surface area contributed by atoms with Crippen LogP contribution in [0.2, 0.25) is 0 Å². The van der Waals surface area contributed by atoms with E-state index in [1.807, 2.05) is 62.3 Å². The highest BCUT2D eigenvalue weighted by atomic mass is 16.5. The Bertz CT molecular complexity index is 932. The van der Waals surface area contributed by atoms with E-state index < -0.39 is 0 Å². The van der Waals surface area contributed by atoms with E-state index in [9.17, 15) is 4.79 Å². The molecular weight excluding hydrogens is 312 g/mol. The van der Waals surface area contributed by atoms with Gasteiger partial charge in [0.25, 0.3) is 0 Å². The predicted molar refractivity (Wildman–Crippen MR) is 102 cm³/mol. The van der Waals surface area contributed by atoms with Crippen LogP contribution in [-0.4, -0.2) is 31.7 Å². The second-order valence-electron chi connectivity index (χ2n) is 6.13. The molecule has 4 heteroatoms. The van der Waals surface area contributed by atoms with Gasteiger partial charge in [-0.25, -0.2) is 9.78 Å². The summed E-state index contributed by atoms with van der Waals surface area (Å²) < 4.78 is 5.29. The van der Waals surface area contributed by atoms with Crippen LogP contribution in [0.3, 0.4) is 0 Å². The van der Waals surface area contributed by atoms with Crippen molar-refractivity contribution in [3.8, 4) is 11.3 Å². The first kappa shape index (κ1) is 17.0. The van der Waals surface area contributed by atoms with E-state index in [0.29, 0.717) is 18.0 Å². The molecule has 2 aromatic carbocycles. The number of esters is 1. The second-order valence-corrected chi connectivity index (χ2v) is 6.13. The van der Waals surface area contributed by atoms with Crippen LogP contribution in [0.1, 0.15) is 22.8 Å². The van der Waals surface area contributed by atoms with Crippen LogP contribution in [0.5, 0.6) is 0 Å². The zero-order valence-electron chi connectivity index (χ0n) is 15.0. The van der Waals surface area contributed by atoms with Crippen molar-refractivity contribution in [2.24, 2.45) is 0 Å². The third-order valence-electron chi connectivity index (χ3n) is 4.20. The summed E-state index contributed by atoms with van der Waals surface area (Å²) in [7, 11) is 3.78. The lowest BCUT2D eigenvalue weighted by molar-refractivity contribution is 0.0529. The Kier molecular flexibility index (Phi) is 4.70. The Morgan fingerprint density at radius 2 is 1.68 bits per heavy atom. The molecule has 0 saturated heterocycles. The van der Waals surface area contributed by atoms with Gasteiger partial charge in [0.1, 0.15) is 11.4 Å². The average Bonchev–Trinajstić information content (AvgIpc) is 2.61. The molecule has 3 rings (SSSR count). The monoisotopic (exact) mass is 334 g/mol. The van der Waals surface area contributed by atoms with Gasteiger partial charge in [-0.15, -0.1) is 0 Å². The summed E-state index contributed by atoms with van der Waals surface area (Å²) in [6.07, 6.45) is 0. The number of hydrogen-bond donors (Lipinski definition) is 0. The number of benzene rings is 2. The van der Waals surface area contributed by atoms with Gasteiger partial charge >= 0.3 is 5.97 Å². The molecule has 0 saturated carbocycles. The highest BCUT2D eigenvalue weighted by Gasteiger charge is 2.22. The van der Waals surface area contributed by atoms with Gasteiger partial charge in [0.05, 0.1) is 12.3 Å². The number of aryl methyl sites for hydroxylation is 1. The molecule has 3 aromatic rings. The summed E-state index contributed by atoms with van der Waals surface area (Å²) in [6.45, 7) is 4.21. The molecule has 1 heterocycles. The molecule has 0 unspecified atom stereocenters. The van der Waals surface area contributed by atoms with Gasteiger partial charge in [-0.3, -0.25) is 0 Å². The molecule has 0 amide bonds. The standard InChI is InChI=1S/C21H22N2O2/c1-5-25-21(24)18-16-12-8-9-13-17(16)19(22-20(18)23(3)4)15-11-7-6-10-14(15)2/h6-13H,5H2,1-4H3. The molecule has 0 atom stereocenters. The van der Waals surface area contributed by atoms with E-state index >= 15 is 0 Å². The van der Waals surface area contributed by atoms with Crippen molar-refractivity contribution in [1.29, 1.82) is 0 Å². The third kappa shape index (κ3) is 3.07. The molecule has 0 aliphatic heterocycles. The van der Waals surface area contributed by atoms with Crippen LogP contribution >= 0.6 is 0 Å². The minimum absolute atomic E-state index is 0.333. The van der Waals surface area contributed by atoms with Crippen LogP contribution in [-0.2, 0) is 4.74 Å². The normalized spacial score (nSPS) is 10.7. The molecular formula is C21H22N2O2. The predicted octanol–water partition coefficient (Wildman–Crippen LogP) is 4.45. The van der Waals surface area contributed by atoms with Gasteiger partial charge in [0.15, 0.2) is 0 Å². The number of rotatable bonds is 4. The van der Waals surface area contributed by atoms with Crippen LogP contribution in [0.4, 0.5) is 5.82 Å². The molecule has 128 valence electrons. The fourth-order valence-corrected chi connectivity index (χ4v) is 3.02. The second kappa shape index (κ2) is 6.93. The lowest BCUT2D eigenvalue weighted by Crippen LogP contribution is -2.18. The Hall–Kier alpha value is -2.88. The summed E-state index contributed by atoms with van der Waals surface area (Å²) >= 11 is 0. The number of aromatic nitrogens is 1. The van der Waals surface area contributed by atoms with Gasteiger partial charge < -0.3 is 9.64 Å². The van der Waals surface area contributed by atoms with Crippen molar-refractivity contribution in [2.45, 2.75) is 13.8 Å². The van der Waals surface area contributed by atoms with Crippen LogP contribution in [0.15, 0.2) is 48.5 Å². The quantitative estimate of drug-likeness (QED) is 0.661. The van der Waals surface area contributed by atoms with Gasteiger partial charge in [0, 0.05) is 30.4 Å². The largest absolute Gasteiger partial charge is 0.462 e. The van der Waals surface area contributed by atoms with E-state index in [-0.39, 0.29) is 5.97 Å². The van der Waals surface area contributed by atoms with Crippen LogP contribution in [0.25, 0.3) is 22.0 Å². The average molecular weight is 334 g/mol. The Labute approximate surface area is 148 Å². The van der Waals surface area contributed by atoms with Crippen molar-refractivity contribution in [2.75, 3.05) is 25.6 Å². The first-order valence-electron chi connectivity index (χ1n) is 8.37. The summed E-state index contributed by atoms with van der Waals surface area (Å²) in [5.74, 6) is 0.279. The van der Waals surface area contributed by atoms with Crippen LogP contribution in [0, 0.1) is 6.92 Å². The molecule has 0 aliphatic carbocycles. The Balaban J connectivity index is 2.40. The van der Waals surface area contributed by atoms with Crippen molar-refractivity contribution in [3.05, 3.63) is 59.7 Å². The maximum atomic E-state index is 12.6. The van der Waals surface area contributed by atoms with Gasteiger partial charge in [0.2, 0.25) is 0 Å². The minimum Gasteiger partial charge on any atom is -0.462 e. The first-order valence-corrected chi connectivity index (χ1v) is 8.37. The number of carbonyl (C=O) groups excluding carboxylic acids is 1. The highest BCUT2D eigenvalue weighted by molar-refractivity contribution is 6.12. The molecule has 0 radical (unpaired) electrons. The van der Waals surface area contributed by atoms with Crippen molar-refractivity contribution >= 4 is 22.6 Å². The summed E-state index contributed by atoms with van der Waals surface area (Å²) in [5, 5.41) is 1.81.